The number of nitrogens with zero attached hydrogens (tertiary/aromatic N) is 2. The highest BCUT2D eigenvalue weighted by molar-refractivity contribution is 6.31. The quantitative estimate of drug-likeness (QED) is 0.519. The Balaban J connectivity index is 1.68. The van der Waals surface area contributed by atoms with Gasteiger partial charge in [-0.25, -0.2) is 4.63 Å². The summed E-state index contributed by atoms with van der Waals surface area (Å²) in [5, 5.41) is 11.9. The number of rotatable bonds is 3. The van der Waals surface area contributed by atoms with Crippen LogP contribution in [0.2, 0.25) is 5.02 Å². The number of anilines is 1. The van der Waals surface area contributed by atoms with Crippen molar-refractivity contribution in [1.82, 2.24) is 10.3 Å². The lowest BCUT2D eigenvalue weighted by atomic mass is 10.0. The smallest absolute Gasteiger partial charge is 0.292 e. The zero-order valence-electron chi connectivity index (χ0n) is 15.0. The summed E-state index contributed by atoms with van der Waals surface area (Å²) >= 11 is 6.03. The van der Waals surface area contributed by atoms with Crippen molar-refractivity contribution in [3.05, 3.63) is 63.9 Å². The van der Waals surface area contributed by atoms with Gasteiger partial charge in [-0.3, -0.25) is 10.1 Å². The van der Waals surface area contributed by atoms with E-state index in [4.69, 9.17) is 20.6 Å². The van der Waals surface area contributed by atoms with Gasteiger partial charge in [-0.2, -0.15) is 0 Å². The minimum absolute atomic E-state index is 0.196. The first-order valence-corrected chi connectivity index (χ1v) is 8.72. The Hall–Kier alpha value is -3.12. The average Bonchev–Trinajstić information content (AvgIpc) is 3.22. The molecule has 2 heterocycles. The third-order valence-corrected chi connectivity index (χ3v) is 4.84. The number of benzene rings is 2. The fourth-order valence-corrected chi connectivity index (χ4v) is 3.09. The number of furan rings is 1. The van der Waals surface area contributed by atoms with Crippen LogP contribution in [0.25, 0.3) is 22.2 Å². The number of carbonyl (C=O) groups excluding carboxylic acids is 1. The molecule has 0 saturated carbocycles. The summed E-state index contributed by atoms with van der Waals surface area (Å²) in [5.74, 6) is 0.00283. The van der Waals surface area contributed by atoms with Gasteiger partial charge >= 0.3 is 0 Å². The minimum atomic E-state index is -0.430. The Labute approximate surface area is 160 Å². The van der Waals surface area contributed by atoms with Gasteiger partial charge in [-0.1, -0.05) is 23.7 Å². The fourth-order valence-electron chi connectivity index (χ4n) is 2.92. The zero-order valence-corrected chi connectivity index (χ0v) is 15.7. The number of nitrogens with one attached hydrogen (secondary N) is 1. The van der Waals surface area contributed by atoms with E-state index in [0.29, 0.717) is 21.9 Å². The van der Waals surface area contributed by atoms with E-state index < -0.39 is 5.91 Å². The first-order chi connectivity index (χ1) is 12.9. The van der Waals surface area contributed by atoms with Gasteiger partial charge < -0.3 is 4.42 Å². The first kappa shape index (κ1) is 17.3. The molecule has 0 aliphatic rings. The Kier molecular flexibility index (Phi) is 4.20. The van der Waals surface area contributed by atoms with Gasteiger partial charge in [0.1, 0.15) is 5.58 Å². The summed E-state index contributed by atoms with van der Waals surface area (Å²) in [6.07, 6.45) is 0. The predicted octanol–water partition coefficient (Wildman–Crippen LogP) is 5.31. The molecule has 4 rings (SSSR count). The molecule has 0 unspecified atom stereocenters. The Morgan fingerprint density at radius 1 is 1.04 bits per heavy atom. The molecule has 27 heavy (non-hydrogen) atoms. The van der Waals surface area contributed by atoms with Crippen LogP contribution in [-0.4, -0.2) is 16.2 Å². The lowest BCUT2D eigenvalue weighted by Gasteiger charge is -2.04. The molecule has 6 nitrogen and oxygen atoms in total. The molecule has 2 aromatic carbocycles. The van der Waals surface area contributed by atoms with Gasteiger partial charge in [0.25, 0.3) is 5.91 Å². The maximum Gasteiger partial charge on any atom is 0.292 e. The van der Waals surface area contributed by atoms with Crippen molar-refractivity contribution in [2.75, 3.05) is 5.32 Å². The molecule has 0 radical (unpaired) electrons. The van der Waals surface area contributed by atoms with Crippen LogP contribution < -0.4 is 5.32 Å². The molecule has 0 bridgehead atoms. The summed E-state index contributed by atoms with van der Waals surface area (Å²) < 4.78 is 10.5. The van der Waals surface area contributed by atoms with Crippen LogP contribution in [0.5, 0.6) is 0 Å². The third-order valence-electron chi connectivity index (χ3n) is 4.61. The van der Waals surface area contributed by atoms with E-state index in [1.54, 1.807) is 18.2 Å². The lowest BCUT2D eigenvalue weighted by molar-refractivity contribution is 0.0997. The molecule has 0 atom stereocenters. The number of carbonyl (C=O) groups is 1. The van der Waals surface area contributed by atoms with Crippen molar-refractivity contribution in [2.24, 2.45) is 0 Å². The number of aryl methyl sites for hydroxylation is 3. The van der Waals surface area contributed by atoms with Crippen molar-refractivity contribution in [1.29, 1.82) is 0 Å². The van der Waals surface area contributed by atoms with Gasteiger partial charge in [0.2, 0.25) is 5.82 Å². The second-order valence-corrected chi connectivity index (χ2v) is 6.85. The molecule has 2 aromatic heterocycles. The van der Waals surface area contributed by atoms with E-state index >= 15 is 0 Å². The van der Waals surface area contributed by atoms with E-state index in [-0.39, 0.29) is 11.6 Å². The molecule has 4 aromatic rings. The predicted molar refractivity (Wildman–Crippen MR) is 103 cm³/mol. The largest absolute Gasteiger partial charge is 0.451 e. The van der Waals surface area contributed by atoms with Gasteiger partial charge in [0.15, 0.2) is 11.5 Å². The lowest BCUT2D eigenvalue weighted by Crippen LogP contribution is -2.13. The Bertz CT molecular complexity index is 1180. The van der Waals surface area contributed by atoms with E-state index in [0.717, 1.165) is 22.1 Å². The topological polar surface area (TPSA) is 81.2 Å². The number of halogens is 1. The summed E-state index contributed by atoms with van der Waals surface area (Å²) in [7, 11) is 0. The Morgan fingerprint density at radius 2 is 1.85 bits per heavy atom. The molecule has 0 aliphatic carbocycles. The molecule has 0 fully saturated rings. The normalized spacial score (nSPS) is 11.1. The number of hydrogen-bond donors (Lipinski definition) is 1. The van der Waals surface area contributed by atoms with E-state index in [1.807, 2.05) is 39.0 Å². The van der Waals surface area contributed by atoms with Gasteiger partial charge in [-0.15, -0.1) is 0 Å². The van der Waals surface area contributed by atoms with Gasteiger partial charge in [0, 0.05) is 21.5 Å². The number of aromatic nitrogens is 2. The van der Waals surface area contributed by atoms with E-state index in [2.05, 4.69) is 15.6 Å². The third kappa shape index (κ3) is 3.08. The molecule has 0 spiro atoms. The van der Waals surface area contributed by atoms with Crippen molar-refractivity contribution in [2.45, 2.75) is 20.8 Å². The first-order valence-electron chi connectivity index (χ1n) is 8.34. The van der Waals surface area contributed by atoms with Crippen molar-refractivity contribution in [3.8, 4) is 11.3 Å². The highest BCUT2D eigenvalue weighted by atomic mass is 35.5. The molecular weight excluding hydrogens is 366 g/mol. The van der Waals surface area contributed by atoms with Gasteiger partial charge in [-0.05, 0) is 66.5 Å². The summed E-state index contributed by atoms with van der Waals surface area (Å²) in [5.41, 5.74) is 4.84. The maximum atomic E-state index is 12.7. The fraction of sp³-hybridized carbons (Fsp3) is 0.150. The second kappa shape index (κ2) is 6.55. The maximum absolute atomic E-state index is 12.7. The molecule has 1 N–H and O–H groups in total. The molecular formula is C20H16ClN3O3. The van der Waals surface area contributed by atoms with Crippen LogP contribution >= 0.6 is 11.6 Å². The van der Waals surface area contributed by atoms with Crippen molar-refractivity contribution >= 4 is 34.3 Å². The standard InChI is InChI=1S/C20H16ClN3O3/c1-10-4-5-13(8-11(10)2)17-19(24-27-23-17)22-20(25)18-12(3)15-9-14(21)6-7-16(15)26-18/h4-9H,1-3H3,(H,22,24,25). The Morgan fingerprint density at radius 3 is 2.63 bits per heavy atom. The van der Waals surface area contributed by atoms with E-state index in [1.165, 1.54) is 0 Å². The summed E-state index contributed by atoms with van der Waals surface area (Å²) in [4.78, 5) is 12.7. The van der Waals surface area contributed by atoms with Crippen LogP contribution in [0.1, 0.15) is 27.2 Å². The second-order valence-electron chi connectivity index (χ2n) is 6.41. The highest BCUT2D eigenvalue weighted by Crippen LogP contribution is 2.30. The molecule has 0 aliphatic heterocycles. The number of fused-ring (bicyclic) bond motifs is 1. The molecule has 0 saturated heterocycles. The van der Waals surface area contributed by atoms with E-state index in [9.17, 15) is 4.79 Å². The van der Waals surface area contributed by atoms with Crippen molar-refractivity contribution < 1.29 is 13.8 Å². The summed E-state index contributed by atoms with van der Waals surface area (Å²) in [6, 6.07) is 11.1. The zero-order chi connectivity index (χ0) is 19.1. The molecule has 7 heteroatoms. The monoisotopic (exact) mass is 381 g/mol. The van der Waals surface area contributed by atoms with Crippen LogP contribution in [0, 0.1) is 20.8 Å². The number of hydrogen-bond acceptors (Lipinski definition) is 5. The highest BCUT2D eigenvalue weighted by Gasteiger charge is 2.22. The van der Waals surface area contributed by atoms with Crippen LogP contribution in [0.3, 0.4) is 0 Å². The van der Waals surface area contributed by atoms with Crippen LogP contribution in [-0.2, 0) is 0 Å². The molecule has 136 valence electrons. The minimum Gasteiger partial charge on any atom is -0.451 e. The van der Waals surface area contributed by atoms with Crippen LogP contribution in [0.4, 0.5) is 5.82 Å². The average molecular weight is 382 g/mol. The number of amides is 1. The van der Waals surface area contributed by atoms with Crippen molar-refractivity contribution in [3.63, 3.8) is 0 Å². The molecule has 1 amide bonds. The van der Waals surface area contributed by atoms with Crippen LogP contribution in [0.15, 0.2) is 45.4 Å². The van der Waals surface area contributed by atoms with Gasteiger partial charge in [0.05, 0.1) is 0 Å². The summed E-state index contributed by atoms with van der Waals surface area (Å²) in [6.45, 7) is 5.84. The SMILES string of the molecule is Cc1ccc(-c2nonc2NC(=O)c2oc3ccc(Cl)cc3c2C)cc1C.